The monoisotopic (exact) mass is 299 g/mol. The summed E-state index contributed by atoms with van der Waals surface area (Å²) in [6, 6.07) is -1.15. The number of imide groups is 1. The minimum Gasteiger partial charge on any atom is -0.481 e. The van der Waals surface area contributed by atoms with Gasteiger partial charge in [0.1, 0.15) is 6.04 Å². The number of hydrogen-bond donors (Lipinski definition) is 4. The molecule has 2 unspecified atom stereocenters. The van der Waals surface area contributed by atoms with E-state index in [1.807, 2.05) is 6.92 Å². The molecule has 8 nitrogen and oxygen atoms in total. The van der Waals surface area contributed by atoms with E-state index < -0.39 is 23.9 Å². The minimum absolute atomic E-state index is 0.115. The largest absolute Gasteiger partial charge is 0.481 e. The van der Waals surface area contributed by atoms with Crippen LogP contribution in [0.3, 0.4) is 0 Å². The van der Waals surface area contributed by atoms with Crippen LogP contribution in [0.2, 0.25) is 0 Å². The Morgan fingerprint density at radius 2 is 2.10 bits per heavy atom. The summed E-state index contributed by atoms with van der Waals surface area (Å²) in [6.45, 7) is 2.32. The standard InChI is InChI=1S/C13H21N3O5/c1-8(2-5-11(18)19)6-7-14-13(21)15-9-3-4-10(17)16-12(9)20/h8-9H,2-7H2,1H3,(H,18,19)(H2,14,15,21)(H,16,17,20). The number of hydrogen-bond acceptors (Lipinski definition) is 4. The van der Waals surface area contributed by atoms with Crippen molar-refractivity contribution in [1.29, 1.82) is 0 Å². The maximum atomic E-state index is 11.6. The Hall–Kier alpha value is -2.12. The van der Waals surface area contributed by atoms with Gasteiger partial charge < -0.3 is 15.7 Å². The highest BCUT2D eigenvalue weighted by molar-refractivity contribution is 6.01. The third kappa shape index (κ3) is 6.73. The van der Waals surface area contributed by atoms with Gasteiger partial charge in [-0.05, 0) is 25.2 Å². The topological polar surface area (TPSA) is 125 Å². The van der Waals surface area contributed by atoms with Gasteiger partial charge in [-0.3, -0.25) is 19.7 Å². The number of carbonyl (C=O) groups excluding carboxylic acids is 3. The first-order chi connectivity index (χ1) is 9.88. The lowest BCUT2D eigenvalue weighted by Gasteiger charge is -2.22. The van der Waals surface area contributed by atoms with Crippen LogP contribution in [0, 0.1) is 5.92 Å². The van der Waals surface area contributed by atoms with Crippen LogP contribution in [0.4, 0.5) is 4.79 Å². The van der Waals surface area contributed by atoms with Crippen LogP contribution in [0.1, 0.15) is 39.0 Å². The molecule has 0 saturated carbocycles. The Morgan fingerprint density at radius 1 is 1.38 bits per heavy atom. The zero-order valence-electron chi connectivity index (χ0n) is 12.0. The van der Waals surface area contributed by atoms with Crippen molar-refractivity contribution in [3.05, 3.63) is 0 Å². The number of piperidine rings is 1. The molecule has 2 atom stereocenters. The summed E-state index contributed by atoms with van der Waals surface area (Å²) in [5, 5.41) is 15.8. The smallest absolute Gasteiger partial charge is 0.315 e. The van der Waals surface area contributed by atoms with Crippen molar-refractivity contribution in [1.82, 2.24) is 16.0 Å². The molecule has 4 N–H and O–H groups in total. The van der Waals surface area contributed by atoms with Crippen molar-refractivity contribution in [2.45, 2.75) is 45.1 Å². The Labute approximate surface area is 122 Å². The SMILES string of the molecule is CC(CCNC(=O)NC1CCC(=O)NC1=O)CCC(=O)O. The van der Waals surface area contributed by atoms with Crippen molar-refractivity contribution in [2.24, 2.45) is 5.92 Å². The Kier molecular flexibility index (Phi) is 6.64. The summed E-state index contributed by atoms with van der Waals surface area (Å²) >= 11 is 0. The highest BCUT2D eigenvalue weighted by atomic mass is 16.4. The molecule has 1 rings (SSSR count). The maximum Gasteiger partial charge on any atom is 0.315 e. The molecule has 0 aromatic heterocycles. The van der Waals surface area contributed by atoms with Crippen LogP contribution < -0.4 is 16.0 Å². The first-order valence-electron chi connectivity index (χ1n) is 6.98. The maximum absolute atomic E-state index is 11.6. The van der Waals surface area contributed by atoms with Crippen molar-refractivity contribution in [2.75, 3.05) is 6.54 Å². The highest BCUT2D eigenvalue weighted by Gasteiger charge is 2.27. The van der Waals surface area contributed by atoms with E-state index in [2.05, 4.69) is 16.0 Å². The lowest BCUT2D eigenvalue weighted by Crippen LogP contribution is -2.54. The fourth-order valence-electron chi connectivity index (χ4n) is 1.99. The average molecular weight is 299 g/mol. The molecule has 21 heavy (non-hydrogen) atoms. The van der Waals surface area contributed by atoms with Crippen LogP contribution in [0.25, 0.3) is 0 Å². The molecule has 4 amide bonds. The number of urea groups is 1. The quantitative estimate of drug-likeness (QED) is 0.492. The van der Waals surface area contributed by atoms with E-state index in [9.17, 15) is 19.2 Å². The molecule has 0 aromatic rings. The van der Waals surface area contributed by atoms with Crippen LogP contribution in [-0.2, 0) is 14.4 Å². The number of nitrogens with one attached hydrogen (secondary N) is 3. The number of carbonyl (C=O) groups is 4. The Bertz CT molecular complexity index is 424. The van der Waals surface area contributed by atoms with E-state index in [0.29, 0.717) is 25.8 Å². The van der Waals surface area contributed by atoms with Gasteiger partial charge in [-0.2, -0.15) is 0 Å². The Morgan fingerprint density at radius 3 is 2.71 bits per heavy atom. The molecular weight excluding hydrogens is 278 g/mol. The van der Waals surface area contributed by atoms with Crippen molar-refractivity contribution in [3.63, 3.8) is 0 Å². The third-order valence-corrected chi connectivity index (χ3v) is 3.32. The van der Waals surface area contributed by atoms with Crippen LogP contribution in [-0.4, -0.2) is 41.5 Å². The summed E-state index contributed by atoms with van der Waals surface area (Å²) in [5.74, 6) is -1.45. The van der Waals surface area contributed by atoms with Gasteiger partial charge in [0.2, 0.25) is 11.8 Å². The second-order valence-electron chi connectivity index (χ2n) is 5.23. The van der Waals surface area contributed by atoms with E-state index in [-0.39, 0.29) is 24.7 Å². The fourth-order valence-corrected chi connectivity index (χ4v) is 1.99. The molecule has 0 aliphatic carbocycles. The molecule has 0 aromatic carbocycles. The summed E-state index contributed by atoms with van der Waals surface area (Å²) in [6.07, 6.45) is 1.85. The number of carboxylic acid groups (broad SMARTS) is 1. The van der Waals surface area contributed by atoms with Gasteiger partial charge in [0.25, 0.3) is 0 Å². The third-order valence-electron chi connectivity index (χ3n) is 3.32. The lowest BCUT2D eigenvalue weighted by molar-refractivity contribution is -0.137. The van der Waals surface area contributed by atoms with Crippen LogP contribution in [0.15, 0.2) is 0 Å². The number of amides is 4. The molecule has 8 heteroatoms. The van der Waals surface area contributed by atoms with E-state index in [4.69, 9.17) is 5.11 Å². The van der Waals surface area contributed by atoms with Crippen LogP contribution in [0.5, 0.6) is 0 Å². The number of aliphatic carboxylic acids is 1. The molecule has 118 valence electrons. The summed E-state index contributed by atoms with van der Waals surface area (Å²) in [5.41, 5.74) is 0. The first kappa shape index (κ1) is 16.9. The average Bonchev–Trinajstić information content (AvgIpc) is 2.39. The predicted octanol–water partition coefficient (Wildman–Crippen LogP) is -0.0182. The highest BCUT2D eigenvalue weighted by Crippen LogP contribution is 2.09. The Balaban J connectivity index is 2.18. The molecule has 1 saturated heterocycles. The number of carboxylic acids is 1. The van der Waals surface area contributed by atoms with Gasteiger partial charge in [0.05, 0.1) is 0 Å². The van der Waals surface area contributed by atoms with Crippen molar-refractivity contribution >= 4 is 23.8 Å². The molecule has 1 fully saturated rings. The predicted molar refractivity (Wildman–Crippen MR) is 73.4 cm³/mol. The van der Waals surface area contributed by atoms with E-state index in [1.54, 1.807) is 0 Å². The van der Waals surface area contributed by atoms with E-state index in [1.165, 1.54) is 0 Å². The van der Waals surface area contributed by atoms with Gasteiger partial charge >= 0.3 is 12.0 Å². The van der Waals surface area contributed by atoms with E-state index in [0.717, 1.165) is 0 Å². The van der Waals surface area contributed by atoms with Crippen LogP contribution >= 0.6 is 0 Å². The summed E-state index contributed by atoms with van der Waals surface area (Å²) in [7, 11) is 0. The minimum atomic E-state index is -0.828. The fraction of sp³-hybridized carbons (Fsp3) is 0.692. The normalized spacial score (nSPS) is 19.6. The molecule has 0 bridgehead atoms. The molecule has 1 aliphatic heterocycles. The number of rotatable bonds is 7. The molecule has 1 aliphatic rings. The second-order valence-corrected chi connectivity index (χ2v) is 5.23. The van der Waals surface area contributed by atoms with Crippen molar-refractivity contribution < 1.29 is 24.3 Å². The van der Waals surface area contributed by atoms with E-state index >= 15 is 0 Å². The van der Waals surface area contributed by atoms with Gasteiger partial charge in [-0.25, -0.2) is 4.79 Å². The summed E-state index contributed by atoms with van der Waals surface area (Å²) in [4.78, 5) is 44.4. The summed E-state index contributed by atoms with van der Waals surface area (Å²) < 4.78 is 0. The first-order valence-corrected chi connectivity index (χ1v) is 6.98. The van der Waals surface area contributed by atoms with Gasteiger partial charge in [-0.1, -0.05) is 6.92 Å². The molecule has 0 spiro atoms. The molecule has 1 heterocycles. The lowest BCUT2D eigenvalue weighted by atomic mass is 10.0. The zero-order valence-corrected chi connectivity index (χ0v) is 12.0. The van der Waals surface area contributed by atoms with Gasteiger partial charge in [0, 0.05) is 19.4 Å². The van der Waals surface area contributed by atoms with Gasteiger partial charge in [0.15, 0.2) is 0 Å². The van der Waals surface area contributed by atoms with Gasteiger partial charge in [-0.15, -0.1) is 0 Å². The van der Waals surface area contributed by atoms with Crippen molar-refractivity contribution in [3.8, 4) is 0 Å². The second kappa shape index (κ2) is 8.23. The molecule has 0 radical (unpaired) electrons. The zero-order chi connectivity index (χ0) is 15.8. The molecular formula is C13H21N3O5.